The van der Waals surface area contributed by atoms with Crippen molar-refractivity contribution in [2.24, 2.45) is 11.7 Å². The average molecular weight is 248 g/mol. The molecule has 1 fully saturated rings. The van der Waals surface area contributed by atoms with Crippen molar-refractivity contribution in [2.45, 2.75) is 31.9 Å². The maximum Gasteiger partial charge on any atom is 0.0716 e. The quantitative estimate of drug-likeness (QED) is 0.741. The van der Waals surface area contributed by atoms with E-state index in [-0.39, 0.29) is 6.04 Å². The van der Waals surface area contributed by atoms with Crippen molar-refractivity contribution >= 4 is 0 Å². The first-order valence-corrected chi connectivity index (χ1v) is 6.85. The second-order valence-electron chi connectivity index (χ2n) is 5.11. The molecular formula is C15H24N2O. The Hall–Kier alpha value is -0.900. The molecule has 1 unspecified atom stereocenters. The van der Waals surface area contributed by atoms with Crippen LogP contribution in [0.4, 0.5) is 0 Å². The van der Waals surface area contributed by atoms with Crippen molar-refractivity contribution in [3.05, 3.63) is 35.4 Å². The van der Waals surface area contributed by atoms with Crippen LogP contribution in [0.3, 0.4) is 0 Å². The predicted molar refractivity (Wildman–Crippen MR) is 74.3 cm³/mol. The Morgan fingerprint density at radius 2 is 2.17 bits per heavy atom. The van der Waals surface area contributed by atoms with Crippen molar-refractivity contribution in [3.8, 4) is 0 Å². The Kier molecular flexibility index (Phi) is 5.17. The van der Waals surface area contributed by atoms with Crippen LogP contribution in [0.25, 0.3) is 0 Å². The van der Waals surface area contributed by atoms with Crippen LogP contribution in [0.15, 0.2) is 24.3 Å². The van der Waals surface area contributed by atoms with E-state index in [0.717, 1.165) is 12.5 Å². The van der Waals surface area contributed by atoms with E-state index in [2.05, 4.69) is 29.6 Å². The van der Waals surface area contributed by atoms with Gasteiger partial charge in [-0.05, 0) is 30.0 Å². The van der Waals surface area contributed by atoms with Gasteiger partial charge in [0.25, 0.3) is 0 Å². The van der Waals surface area contributed by atoms with Gasteiger partial charge in [-0.3, -0.25) is 0 Å². The first kappa shape index (κ1) is 13.5. The van der Waals surface area contributed by atoms with E-state index in [4.69, 9.17) is 10.5 Å². The van der Waals surface area contributed by atoms with Crippen LogP contribution in [0.5, 0.6) is 0 Å². The molecule has 100 valence electrons. The molecule has 1 aliphatic carbocycles. The van der Waals surface area contributed by atoms with Crippen molar-refractivity contribution in [3.63, 3.8) is 0 Å². The number of hydrogen-bond acceptors (Lipinski definition) is 3. The molecule has 0 bridgehead atoms. The molecule has 18 heavy (non-hydrogen) atoms. The van der Waals surface area contributed by atoms with E-state index >= 15 is 0 Å². The molecule has 0 spiro atoms. The summed E-state index contributed by atoms with van der Waals surface area (Å²) in [5.41, 5.74) is 8.41. The van der Waals surface area contributed by atoms with Crippen LogP contribution in [0.2, 0.25) is 0 Å². The molecular weight excluding hydrogens is 224 g/mol. The summed E-state index contributed by atoms with van der Waals surface area (Å²) in [5, 5.41) is 3.58. The Bertz CT molecular complexity index is 363. The molecule has 2 rings (SSSR count). The highest BCUT2D eigenvalue weighted by Gasteiger charge is 2.21. The monoisotopic (exact) mass is 248 g/mol. The first-order chi connectivity index (χ1) is 8.85. The van der Waals surface area contributed by atoms with E-state index in [0.29, 0.717) is 13.2 Å². The summed E-state index contributed by atoms with van der Waals surface area (Å²) in [7, 11) is 1.73. The number of nitrogens with one attached hydrogen (secondary N) is 1. The molecule has 1 aromatic carbocycles. The Balaban J connectivity index is 1.95. The number of rotatable bonds is 8. The normalized spacial score (nSPS) is 16.8. The molecule has 3 N–H and O–H groups in total. The SMILES string of the molecule is COCc1ccccc1C(CN)NCCC1CC1. The smallest absolute Gasteiger partial charge is 0.0716 e. The van der Waals surface area contributed by atoms with Gasteiger partial charge < -0.3 is 15.8 Å². The van der Waals surface area contributed by atoms with Crippen LogP contribution in [0, 0.1) is 5.92 Å². The molecule has 3 heteroatoms. The third-order valence-electron chi connectivity index (χ3n) is 3.61. The van der Waals surface area contributed by atoms with Gasteiger partial charge in [-0.2, -0.15) is 0 Å². The second-order valence-corrected chi connectivity index (χ2v) is 5.11. The predicted octanol–water partition coefficient (Wildman–Crippen LogP) is 2.22. The molecule has 3 nitrogen and oxygen atoms in total. The zero-order valence-corrected chi connectivity index (χ0v) is 11.2. The van der Waals surface area contributed by atoms with Gasteiger partial charge in [-0.25, -0.2) is 0 Å². The Labute approximate surface area is 110 Å². The fourth-order valence-electron chi connectivity index (χ4n) is 2.35. The van der Waals surface area contributed by atoms with E-state index in [1.165, 1.54) is 30.4 Å². The average Bonchev–Trinajstić information content (AvgIpc) is 3.20. The van der Waals surface area contributed by atoms with E-state index in [9.17, 15) is 0 Å². The lowest BCUT2D eigenvalue weighted by Crippen LogP contribution is -2.30. The molecule has 0 amide bonds. The zero-order valence-electron chi connectivity index (χ0n) is 11.2. The molecule has 0 radical (unpaired) electrons. The minimum absolute atomic E-state index is 0.245. The lowest BCUT2D eigenvalue weighted by Gasteiger charge is -2.20. The van der Waals surface area contributed by atoms with Gasteiger partial charge in [-0.15, -0.1) is 0 Å². The molecule has 1 aliphatic rings. The maximum atomic E-state index is 5.90. The van der Waals surface area contributed by atoms with Gasteiger partial charge in [0.15, 0.2) is 0 Å². The Morgan fingerprint density at radius 1 is 1.39 bits per heavy atom. The van der Waals surface area contributed by atoms with Gasteiger partial charge in [-0.1, -0.05) is 37.1 Å². The van der Waals surface area contributed by atoms with Gasteiger partial charge >= 0.3 is 0 Å². The van der Waals surface area contributed by atoms with Gasteiger partial charge in [0.05, 0.1) is 6.61 Å². The van der Waals surface area contributed by atoms with E-state index < -0.39 is 0 Å². The number of ether oxygens (including phenoxy) is 1. The van der Waals surface area contributed by atoms with Crippen molar-refractivity contribution < 1.29 is 4.74 Å². The third-order valence-corrected chi connectivity index (χ3v) is 3.61. The van der Waals surface area contributed by atoms with E-state index in [1.54, 1.807) is 7.11 Å². The lowest BCUT2D eigenvalue weighted by molar-refractivity contribution is 0.183. The summed E-state index contributed by atoms with van der Waals surface area (Å²) in [4.78, 5) is 0. The van der Waals surface area contributed by atoms with Crippen LogP contribution in [0.1, 0.15) is 36.4 Å². The largest absolute Gasteiger partial charge is 0.380 e. The summed E-state index contributed by atoms with van der Waals surface area (Å²) < 4.78 is 5.25. The molecule has 0 aliphatic heterocycles. The standard InChI is InChI=1S/C15H24N2O/c1-18-11-13-4-2-3-5-14(13)15(10-16)17-9-8-12-6-7-12/h2-5,12,15,17H,6-11,16H2,1H3. The van der Waals surface area contributed by atoms with Crippen LogP contribution in [-0.2, 0) is 11.3 Å². The summed E-state index contributed by atoms with van der Waals surface area (Å²) in [6.07, 6.45) is 4.10. The highest BCUT2D eigenvalue weighted by Crippen LogP contribution is 2.32. The molecule has 1 atom stereocenters. The number of methoxy groups -OCH3 is 1. The highest BCUT2D eigenvalue weighted by atomic mass is 16.5. The first-order valence-electron chi connectivity index (χ1n) is 6.85. The minimum Gasteiger partial charge on any atom is -0.380 e. The highest BCUT2D eigenvalue weighted by molar-refractivity contribution is 5.29. The fraction of sp³-hybridized carbons (Fsp3) is 0.600. The van der Waals surface area contributed by atoms with Crippen LogP contribution in [-0.4, -0.2) is 20.2 Å². The number of benzene rings is 1. The van der Waals surface area contributed by atoms with E-state index in [1.807, 2.05) is 0 Å². The molecule has 1 aromatic rings. The maximum absolute atomic E-state index is 5.90. The molecule has 0 saturated heterocycles. The van der Waals surface area contributed by atoms with Crippen molar-refractivity contribution in [2.75, 3.05) is 20.2 Å². The lowest BCUT2D eigenvalue weighted by atomic mass is 10.0. The topological polar surface area (TPSA) is 47.3 Å². The summed E-state index contributed by atoms with van der Waals surface area (Å²) in [5.74, 6) is 0.963. The number of hydrogen-bond donors (Lipinski definition) is 2. The third kappa shape index (κ3) is 3.80. The summed E-state index contributed by atoms with van der Waals surface area (Å²) >= 11 is 0. The molecule has 0 aromatic heterocycles. The van der Waals surface area contributed by atoms with Gasteiger partial charge in [0, 0.05) is 19.7 Å². The zero-order chi connectivity index (χ0) is 12.8. The molecule has 1 saturated carbocycles. The van der Waals surface area contributed by atoms with Gasteiger partial charge in [0.1, 0.15) is 0 Å². The number of nitrogens with two attached hydrogens (primary N) is 1. The minimum atomic E-state index is 0.245. The van der Waals surface area contributed by atoms with Gasteiger partial charge in [0.2, 0.25) is 0 Å². The Morgan fingerprint density at radius 3 is 2.83 bits per heavy atom. The fourth-order valence-corrected chi connectivity index (χ4v) is 2.35. The summed E-state index contributed by atoms with van der Waals surface area (Å²) in [6.45, 7) is 2.34. The van der Waals surface area contributed by atoms with Crippen LogP contribution >= 0.6 is 0 Å². The molecule has 0 heterocycles. The van der Waals surface area contributed by atoms with Crippen LogP contribution < -0.4 is 11.1 Å². The van der Waals surface area contributed by atoms with Crippen molar-refractivity contribution in [1.29, 1.82) is 0 Å². The van der Waals surface area contributed by atoms with Crippen molar-refractivity contribution in [1.82, 2.24) is 5.32 Å². The second kappa shape index (κ2) is 6.88. The summed E-state index contributed by atoms with van der Waals surface area (Å²) in [6, 6.07) is 8.63.